The first-order valence-corrected chi connectivity index (χ1v) is 11.8. The number of hydrogen-bond donors (Lipinski definition) is 0. The normalized spacial score (nSPS) is 11.3. The standard InChI is InChI=1S/C9H20O3Si.C6H16O3Si/c1-5-9-13(10-6-2,11-7-3)12-8-4;1-4-7-10(8-5-2)9-6-3/h5H,1,6-9H2,2-4H3;10H,4-6H2,1-3H3. The molecule has 0 saturated heterocycles. The first-order chi connectivity index (χ1) is 11.1. The Balaban J connectivity index is 0. The van der Waals surface area contributed by atoms with E-state index in [1.807, 2.05) is 41.5 Å². The fourth-order valence-electron chi connectivity index (χ4n) is 1.69. The van der Waals surface area contributed by atoms with E-state index in [1.165, 1.54) is 0 Å². The molecule has 0 aromatic heterocycles. The molecule has 0 aromatic carbocycles. The predicted molar refractivity (Wildman–Crippen MR) is 97.7 cm³/mol. The van der Waals surface area contributed by atoms with Crippen LogP contribution >= 0.6 is 0 Å². The van der Waals surface area contributed by atoms with Crippen LogP contribution in [0.25, 0.3) is 0 Å². The van der Waals surface area contributed by atoms with Gasteiger partial charge in [-0.1, -0.05) is 6.08 Å². The van der Waals surface area contributed by atoms with Gasteiger partial charge in [-0.3, -0.25) is 0 Å². The molecule has 0 aromatic rings. The van der Waals surface area contributed by atoms with Crippen molar-refractivity contribution in [3.05, 3.63) is 12.7 Å². The molecule has 6 nitrogen and oxygen atoms in total. The lowest BCUT2D eigenvalue weighted by Crippen LogP contribution is -2.45. The second-order valence-corrected chi connectivity index (χ2v) is 8.35. The van der Waals surface area contributed by atoms with Crippen molar-refractivity contribution in [1.82, 2.24) is 0 Å². The molecule has 0 saturated carbocycles. The van der Waals surface area contributed by atoms with E-state index >= 15 is 0 Å². The fraction of sp³-hybridized carbons (Fsp3) is 0.867. The lowest BCUT2D eigenvalue weighted by molar-refractivity contribution is 0.0743. The topological polar surface area (TPSA) is 55.4 Å². The summed E-state index contributed by atoms with van der Waals surface area (Å²) in [6, 6.07) is 0.683. The van der Waals surface area contributed by atoms with Crippen LogP contribution in [0.1, 0.15) is 41.5 Å². The SMILES string of the molecule is C=CC[Si](OCC)(OCC)OCC.CCO[SiH](OCC)OCC. The van der Waals surface area contributed by atoms with Crippen molar-refractivity contribution in [1.29, 1.82) is 0 Å². The van der Waals surface area contributed by atoms with E-state index in [0.29, 0.717) is 45.7 Å². The van der Waals surface area contributed by atoms with Gasteiger partial charge in [0.1, 0.15) is 0 Å². The third kappa shape index (κ3) is 14.0. The molecular formula is C15H36O6Si2. The Morgan fingerprint density at radius 3 is 1.26 bits per heavy atom. The molecule has 140 valence electrons. The summed E-state index contributed by atoms with van der Waals surface area (Å²) in [7, 11) is -4.15. The molecule has 0 fully saturated rings. The zero-order valence-electron chi connectivity index (χ0n) is 15.8. The zero-order chi connectivity index (χ0) is 18.0. The Hall–Kier alpha value is -0.0662. The predicted octanol–water partition coefficient (Wildman–Crippen LogP) is 3.03. The van der Waals surface area contributed by atoms with Crippen molar-refractivity contribution in [3.63, 3.8) is 0 Å². The van der Waals surface area contributed by atoms with E-state index in [-0.39, 0.29) is 0 Å². The maximum atomic E-state index is 5.57. The van der Waals surface area contributed by atoms with Gasteiger partial charge in [0.05, 0.1) is 0 Å². The van der Waals surface area contributed by atoms with Crippen LogP contribution in [0.2, 0.25) is 6.04 Å². The Morgan fingerprint density at radius 2 is 1.04 bits per heavy atom. The van der Waals surface area contributed by atoms with Crippen LogP contribution < -0.4 is 0 Å². The van der Waals surface area contributed by atoms with E-state index in [9.17, 15) is 0 Å². The van der Waals surface area contributed by atoms with Gasteiger partial charge in [0.2, 0.25) is 0 Å². The monoisotopic (exact) mass is 368 g/mol. The molecule has 0 aliphatic rings. The summed E-state index contributed by atoms with van der Waals surface area (Å²) in [5, 5.41) is 0. The molecule has 0 heterocycles. The maximum Gasteiger partial charge on any atom is 0.504 e. The largest absolute Gasteiger partial charge is 0.504 e. The molecule has 8 heteroatoms. The Bertz CT molecular complexity index is 225. The molecule has 0 aliphatic carbocycles. The van der Waals surface area contributed by atoms with Crippen LogP contribution in [-0.4, -0.2) is 58.0 Å². The lowest BCUT2D eigenvalue weighted by atomic mass is 10.8. The molecule has 0 N–H and O–H groups in total. The van der Waals surface area contributed by atoms with Crippen molar-refractivity contribution < 1.29 is 26.6 Å². The van der Waals surface area contributed by atoms with Crippen LogP contribution in [0.3, 0.4) is 0 Å². The fourth-order valence-corrected chi connectivity index (χ4v) is 5.07. The summed E-state index contributed by atoms with van der Waals surface area (Å²) in [6.07, 6.45) is 1.80. The van der Waals surface area contributed by atoms with Gasteiger partial charge in [-0.2, -0.15) is 0 Å². The molecule has 23 heavy (non-hydrogen) atoms. The first kappa shape index (κ1) is 25.2. The third-order valence-electron chi connectivity index (χ3n) is 2.40. The van der Waals surface area contributed by atoms with E-state index in [1.54, 1.807) is 6.08 Å². The van der Waals surface area contributed by atoms with Crippen LogP contribution in [0.5, 0.6) is 0 Å². The summed E-state index contributed by atoms with van der Waals surface area (Å²) in [5.41, 5.74) is 0. The van der Waals surface area contributed by atoms with Crippen LogP contribution in [0, 0.1) is 0 Å². The number of rotatable bonds is 14. The third-order valence-corrected chi connectivity index (χ3v) is 7.19. The van der Waals surface area contributed by atoms with Gasteiger partial charge in [-0.05, 0) is 41.5 Å². The van der Waals surface area contributed by atoms with Crippen molar-refractivity contribution in [2.24, 2.45) is 0 Å². The highest BCUT2D eigenvalue weighted by atomic mass is 28.4. The maximum absolute atomic E-state index is 5.57. The molecule has 0 bridgehead atoms. The Labute approximate surface area is 145 Å². The molecular weight excluding hydrogens is 332 g/mol. The second kappa shape index (κ2) is 18.3. The van der Waals surface area contributed by atoms with Gasteiger partial charge in [-0.15, -0.1) is 6.58 Å². The highest BCUT2D eigenvalue weighted by molar-refractivity contribution is 6.61. The van der Waals surface area contributed by atoms with Crippen molar-refractivity contribution in [2.75, 3.05) is 39.6 Å². The molecule has 0 atom stereocenters. The molecule has 0 spiro atoms. The average molecular weight is 369 g/mol. The van der Waals surface area contributed by atoms with E-state index < -0.39 is 18.3 Å². The minimum atomic E-state index is -2.41. The number of hydrogen-bond acceptors (Lipinski definition) is 6. The highest BCUT2D eigenvalue weighted by Gasteiger charge is 2.38. The van der Waals surface area contributed by atoms with Gasteiger partial charge in [0, 0.05) is 45.7 Å². The van der Waals surface area contributed by atoms with Crippen molar-refractivity contribution in [3.8, 4) is 0 Å². The second-order valence-electron chi connectivity index (χ2n) is 4.13. The van der Waals surface area contributed by atoms with Gasteiger partial charge in [0.15, 0.2) is 0 Å². The highest BCUT2D eigenvalue weighted by Crippen LogP contribution is 2.15. The number of allylic oxidation sites excluding steroid dienone is 1. The van der Waals surface area contributed by atoms with Crippen molar-refractivity contribution in [2.45, 2.75) is 47.6 Å². The smallest absolute Gasteiger partial charge is 0.376 e. The molecule has 0 aliphatic heterocycles. The van der Waals surface area contributed by atoms with E-state index in [4.69, 9.17) is 26.6 Å². The Morgan fingerprint density at radius 1 is 0.696 bits per heavy atom. The lowest BCUT2D eigenvalue weighted by Gasteiger charge is -2.27. The molecule has 0 radical (unpaired) electrons. The van der Waals surface area contributed by atoms with Gasteiger partial charge >= 0.3 is 18.3 Å². The van der Waals surface area contributed by atoms with Crippen LogP contribution in [-0.2, 0) is 26.6 Å². The molecule has 0 rings (SSSR count). The summed E-state index contributed by atoms with van der Waals surface area (Å²) in [6.45, 7) is 19.3. The van der Waals surface area contributed by atoms with Crippen LogP contribution in [0.4, 0.5) is 0 Å². The van der Waals surface area contributed by atoms with E-state index in [0.717, 1.165) is 0 Å². The summed E-state index contributed by atoms with van der Waals surface area (Å²) in [5.74, 6) is 0. The average Bonchev–Trinajstić information content (AvgIpc) is 2.50. The molecule has 0 amide bonds. The summed E-state index contributed by atoms with van der Waals surface area (Å²) < 4.78 is 32.4. The quantitative estimate of drug-likeness (QED) is 0.347. The zero-order valence-corrected chi connectivity index (χ0v) is 17.9. The minimum Gasteiger partial charge on any atom is -0.376 e. The summed E-state index contributed by atoms with van der Waals surface area (Å²) in [4.78, 5) is 0. The minimum absolute atomic E-state index is 0.625. The van der Waals surface area contributed by atoms with Gasteiger partial charge in [0.25, 0.3) is 0 Å². The van der Waals surface area contributed by atoms with E-state index in [2.05, 4.69) is 6.58 Å². The first-order valence-electron chi connectivity index (χ1n) is 8.46. The van der Waals surface area contributed by atoms with Gasteiger partial charge < -0.3 is 26.6 Å². The Kier molecular flexibility index (Phi) is 20.0. The summed E-state index contributed by atoms with van der Waals surface area (Å²) >= 11 is 0. The van der Waals surface area contributed by atoms with Gasteiger partial charge in [-0.25, -0.2) is 0 Å². The van der Waals surface area contributed by atoms with Crippen molar-refractivity contribution >= 4 is 18.3 Å². The molecule has 0 unspecified atom stereocenters. The van der Waals surface area contributed by atoms with Crippen LogP contribution in [0.15, 0.2) is 12.7 Å².